The van der Waals surface area contributed by atoms with Gasteiger partial charge in [0.2, 0.25) is 0 Å². The molecular formula is C8H4F3NOS. The molecule has 2 aromatic rings. The van der Waals surface area contributed by atoms with Crippen LogP contribution in [-0.2, 0) is 6.18 Å². The molecule has 0 unspecified atom stereocenters. The van der Waals surface area contributed by atoms with E-state index >= 15 is 0 Å². The maximum absolute atomic E-state index is 12.1. The van der Waals surface area contributed by atoms with E-state index in [4.69, 9.17) is 0 Å². The highest BCUT2D eigenvalue weighted by Crippen LogP contribution is 2.31. The van der Waals surface area contributed by atoms with E-state index in [9.17, 15) is 13.2 Å². The Morgan fingerprint density at radius 3 is 2.64 bits per heavy atom. The maximum Gasteiger partial charge on any atom is 0.468 e. The summed E-state index contributed by atoms with van der Waals surface area (Å²) < 4.78 is 40.6. The van der Waals surface area contributed by atoms with Gasteiger partial charge in [0.05, 0.1) is 4.88 Å². The molecule has 0 saturated carbocycles. The van der Waals surface area contributed by atoms with E-state index in [2.05, 4.69) is 9.40 Å². The Hall–Kier alpha value is -1.30. The molecule has 0 radical (unpaired) electrons. The molecule has 0 saturated heterocycles. The lowest BCUT2D eigenvalue weighted by atomic mass is 10.4. The summed E-state index contributed by atoms with van der Waals surface area (Å²) >= 11 is 1.31. The minimum atomic E-state index is -4.52. The molecule has 0 aromatic carbocycles. The molecule has 14 heavy (non-hydrogen) atoms. The zero-order valence-corrected chi connectivity index (χ0v) is 7.52. The van der Waals surface area contributed by atoms with Gasteiger partial charge in [0.15, 0.2) is 0 Å². The topological polar surface area (TPSA) is 26.0 Å². The average molecular weight is 219 g/mol. The largest absolute Gasteiger partial charge is 0.468 e. The van der Waals surface area contributed by atoms with Crippen molar-refractivity contribution in [1.29, 1.82) is 0 Å². The minimum absolute atomic E-state index is 0.215. The Balaban J connectivity index is 2.36. The molecule has 2 nitrogen and oxygen atoms in total. The Morgan fingerprint density at radius 1 is 1.36 bits per heavy atom. The van der Waals surface area contributed by atoms with Gasteiger partial charge in [-0.25, -0.2) is 4.98 Å². The summed E-state index contributed by atoms with van der Waals surface area (Å²) in [6.07, 6.45) is -3.51. The summed E-state index contributed by atoms with van der Waals surface area (Å²) in [6, 6.07) is 3.42. The summed E-state index contributed by atoms with van der Waals surface area (Å²) in [5.41, 5.74) is 0.215. The van der Waals surface area contributed by atoms with Crippen molar-refractivity contribution >= 4 is 11.3 Å². The predicted octanol–water partition coefficient (Wildman–Crippen LogP) is 3.42. The zero-order valence-electron chi connectivity index (χ0n) is 6.71. The molecule has 6 heteroatoms. The lowest BCUT2D eigenvalue weighted by Gasteiger charge is -1.97. The van der Waals surface area contributed by atoms with Gasteiger partial charge in [-0.3, -0.25) is 0 Å². The normalized spacial score (nSPS) is 11.9. The number of thiophene rings is 1. The summed E-state index contributed by atoms with van der Waals surface area (Å²) in [5, 5.41) is 1.76. The Morgan fingerprint density at radius 2 is 2.14 bits per heavy atom. The molecule has 0 bridgehead atoms. The molecule has 0 aliphatic carbocycles. The van der Waals surface area contributed by atoms with Gasteiger partial charge in [0.25, 0.3) is 0 Å². The van der Waals surface area contributed by atoms with Gasteiger partial charge in [-0.15, -0.1) is 11.3 Å². The van der Waals surface area contributed by atoms with Crippen LogP contribution in [0.25, 0.3) is 10.6 Å². The molecule has 0 amide bonds. The Labute approximate surface area is 81.0 Å². The van der Waals surface area contributed by atoms with Gasteiger partial charge < -0.3 is 4.42 Å². The molecule has 2 aromatic heterocycles. The third-order valence-corrected chi connectivity index (χ3v) is 2.41. The first-order valence-electron chi connectivity index (χ1n) is 3.64. The highest BCUT2D eigenvalue weighted by molar-refractivity contribution is 7.13. The second-order valence-electron chi connectivity index (χ2n) is 2.51. The first-order chi connectivity index (χ1) is 6.57. The fourth-order valence-electron chi connectivity index (χ4n) is 0.941. The smallest absolute Gasteiger partial charge is 0.441 e. The molecule has 0 aliphatic heterocycles. The van der Waals surface area contributed by atoms with Gasteiger partial charge >= 0.3 is 12.1 Å². The molecule has 2 rings (SSSR count). The van der Waals surface area contributed by atoms with Crippen molar-refractivity contribution in [2.24, 2.45) is 0 Å². The van der Waals surface area contributed by atoms with E-state index in [0.717, 1.165) is 6.26 Å². The number of hydrogen-bond donors (Lipinski definition) is 0. The van der Waals surface area contributed by atoms with E-state index < -0.39 is 12.1 Å². The van der Waals surface area contributed by atoms with Crippen LogP contribution in [0.5, 0.6) is 0 Å². The van der Waals surface area contributed by atoms with Crippen LogP contribution in [0.1, 0.15) is 5.89 Å². The highest BCUT2D eigenvalue weighted by Gasteiger charge is 2.37. The van der Waals surface area contributed by atoms with Crippen LogP contribution >= 0.6 is 11.3 Å². The maximum atomic E-state index is 12.1. The van der Waals surface area contributed by atoms with Crippen molar-refractivity contribution < 1.29 is 17.6 Å². The summed E-state index contributed by atoms with van der Waals surface area (Å²) in [4.78, 5) is 4.00. The van der Waals surface area contributed by atoms with Crippen LogP contribution in [0.15, 0.2) is 28.2 Å². The molecule has 74 valence electrons. The van der Waals surface area contributed by atoms with Crippen LogP contribution in [-0.4, -0.2) is 4.98 Å². The monoisotopic (exact) mass is 219 g/mol. The third kappa shape index (κ3) is 1.65. The summed E-state index contributed by atoms with van der Waals surface area (Å²) in [5.74, 6) is -1.21. The summed E-state index contributed by atoms with van der Waals surface area (Å²) in [6.45, 7) is 0. The van der Waals surface area contributed by atoms with E-state index in [1.54, 1.807) is 17.5 Å². The SMILES string of the molecule is FC(F)(F)c1nc(-c2cccs2)co1. The highest BCUT2D eigenvalue weighted by atomic mass is 32.1. The van der Waals surface area contributed by atoms with Gasteiger partial charge in [-0.05, 0) is 11.4 Å². The number of halogens is 3. The molecule has 0 atom stereocenters. The van der Waals surface area contributed by atoms with Crippen molar-refractivity contribution in [1.82, 2.24) is 4.98 Å². The van der Waals surface area contributed by atoms with Crippen molar-refractivity contribution in [2.45, 2.75) is 6.18 Å². The quantitative estimate of drug-likeness (QED) is 0.734. The van der Waals surface area contributed by atoms with Gasteiger partial charge in [-0.2, -0.15) is 13.2 Å². The van der Waals surface area contributed by atoms with Crippen LogP contribution in [0.2, 0.25) is 0 Å². The molecule has 0 N–H and O–H groups in total. The van der Waals surface area contributed by atoms with Crippen molar-refractivity contribution in [2.75, 3.05) is 0 Å². The van der Waals surface area contributed by atoms with Gasteiger partial charge in [0.1, 0.15) is 12.0 Å². The Bertz CT molecular complexity index is 418. The first-order valence-corrected chi connectivity index (χ1v) is 4.52. The molecule has 0 aliphatic rings. The predicted molar refractivity (Wildman–Crippen MR) is 44.8 cm³/mol. The van der Waals surface area contributed by atoms with E-state index in [0.29, 0.717) is 4.88 Å². The van der Waals surface area contributed by atoms with E-state index in [1.807, 2.05) is 0 Å². The standard InChI is InChI=1S/C8H4F3NOS/c9-8(10,11)7-12-5(4-13-7)6-2-1-3-14-6/h1-4H. The number of oxazole rings is 1. The second-order valence-corrected chi connectivity index (χ2v) is 3.46. The zero-order chi connectivity index (χ0) is 10.2. The molecular weight excluding hydrogens is 215 g/mol. The molecule has 2 heterocycles. The van der Waals surface area contributed by atoms with Crippen LogP contribution in [0, 0.1) is 0 Å². The fourth-order valence-corrected chi connectivity index (χ4v) is 1.62. The lowest BCUT2D eigenvalue weighted by molar-refractivity contribution is -0.157. The van der Waals surface area contributed by atoms with Crippen molar-refractivity contribution in [3.8, 4) is 10.6 Å². The Kier molecular flexibility index (Phi) is 2.07. The van der Waals surface area contributed by atoms with Crippen molar-refractivity contribution in [3.05, 3.63) is 29.7 Å². The van der Waals surface area contributed by atoms with Crippen molar-refractivity contribution in [3.63, 3.8) is 0 Å². The van der Waals surface area contributed by atoms with Crippen LogP contribution < -0.4 is 0 Å². The van der Waals surface area contributed by atoms with Gasteiger partial charge in [-0.1, -0.05) is 6.07 Å². The fraction of sp³-hybridized carbons (Fsp3) is 0.125. The van der Waals surface area contributed by atoms with E-state index in [-0.39, 0.29) is 5.69 Å². The average Bonchev–Trinajstić information content (AvgIpc) is 2.73. The number of nitrogens with zero attached hydrogens (tertiary/aromatic N) is 1. The minimum Gasteiger partial charge on any atom is -0.441 e. The molecule has 0 spiro atoms. The lowest BCUT2D eigenvalue weighted by Crippen LogP contribution is -2.04. The number of rotatable bonds is 1. The number of aromatic nitrogens is 1. The number of hydrogen-bond acceptors (Lipinski definition) is 3. The number of alkyl halides is 3. The third-order valence-electron chi connectivity index (χ3n) is 1.52. The van der Waals surface area contributed by atoms with Crippen LogP contribution in [0.4, 0.5) is 13.2 Å². The molecule has 0 fully saturated rings. The second kappa shape index (κ2) is 3.13. The summed E-state index contributed by atoms with van der Waals surface area (Å²) in [7, 11) is 0. The first kappa shape index (κ1) is 9.26. The van der Waals surface area contributed by atoms with E-state index in [1.165, 1.54) is 11.3 Å². The van der Waals surface area contributed by atoms with Crippen LogP contribution in [0.3, 0.4) is 0 Å². The van der Waals surface area contributed by atoms with Gasteiger partial charge in [0, 0.05) is 0 Å².